The maximum Gasteiger partial charge on any atom is 0.331 e. The van der Waals surface area contributed by atoms with Crippen LogP contribution in [0, 0.1) is 6.92 Å². The number of aryl methyl sites for hydroxylation is 1. The van der Waals surface area contributed by atoms with Crippen LogP contribution in [0.15, 0.2) is 47.3 Å². The van der Waals surface area contributed by atoms with Gasteiger partial charge >= 0.3 is 5.69 Å². The highest BCUT2D eigenvalue weighted by atomic mass is 16.1. The number of anilines is 1. The number of H-pyrrole nitrogens is 1. The third-order valence-electron chi connectivity index (χ3n) is 3.05. The molecule has 0 bridgehead atoms. The highest BCUT2D eigenvalue weighted by Gasteiger charge is 2.09. The van der Waals surface area contributed by atoms with Gasteiger partial charge in [-0.05, 0) is 42.8 Å². The summed E-state index contributed by atoms with van der Waals surface area (Å²) < 4.78 is 1.67. The first-order valence-corrected chi connectivity index (χ1v) is 5.73. The lowest BCUT2D eigenvalue weighted by molar-refractivity contribution is 1.00. The van der Waals surface area contributed by atoms with E-state index in [9.17, 15) is 4.79 Å². The van der Waals surface area contributed by atoms with Crippen LogP contribution in [-0.4, -0.2) is 9.55 Å². The molecule has 0 aliphatic rings. The number of nitrogens with two attached hydrogens (primary N) is 1. The quantitative estimate of drug-likeness (QED) is 0.639. The van der Waals surface area contributed by atoms with Crippen LogP contribution in [0.2, 0.25) is 0 Å². The Bertz CT molecular complexity index is 783. The van der Waals surface area contributed by atoms with Gasteiger partial charge in [0.25, 0.3) is 0 Å². The zero-order valence-electron chi connectivity index (χ0n) is 9.97. The first-order valence-electron chi connectivity index (χ1n) is 5.73. The Morgan fingerprint density at radius 3 is 2.72 bits per heavy atom. The number of para-hydroxylation sites is 2. The fraction of sp³-hybridized carbons (Fsp3) is 0.0714. The van der Waals surface area contributed by atoms with Crippen molar-refractivity contribution in [1.82, 2.24) is 9.55 Å². The van der Waals surface area contributed by atoms with Gasteiger partial charge < -0.3 is 10.7 Å². The molecule has 0 aliphatic carbocycles. The van der Waals surface area contributed by atoms with Crippen LogP contribution in [0.1, 0.15) is 5.56 Å². The van der Waals surface area contributed by atoms with Gasteiger partial charge in [-0.3, -0.25) is 4.57 Å². The summed E-state index contributed by atoms with van der Waals surface area (Å²) in [6.07, 6.45) is 0. The molecule has 1 heterocycles. The molecule has 2 aromatic carbocycles. The summed E-state index contributed by atoms with van der Waals surface area (Å²) in [5.74, 6) is 0. The molecule has 0 amide bonds. The van der Waals surface area contributed by atoms with E-state index in [0.717, 1.165) is 22.3 Å². The molecular weight excluding hydrogens is 226 g/mol. The fourth-order valence-electron chi connectivity index (χ4n) is 2.22. The van der Waals surface area contributed by atoms with E-state index in [-0.39, 0.29) is 5.69 Å². The third kappa shape index (κ3) is 1.50. The topological polar surface area (TPSA) is 63.8 Å². The molecule has 0 fully saturated rings. The first-order chi connectivity index (χ1) is 8.66. The highest BCUT2D eigenvalue weighted by Crippen LogP contribution is 2.20. The van der Waals surface area contributed by atoms with Crippen molar-refractivity contribution < 1.29 is 0 Å². The van der Waals surface area contributed by atoms with E-state index in [0.29, 0.717) is 5.69 Å². The zero-order valence-corrected chi connectivity index (χ0v) is 9.97. The van der Waals surface area contributed by atoms with E-state index in [1.165, 1.54) is 0 Å². The van der Waals surface area contributed by atoms with Crippen LogP contribution in [0.3, 0.4) is 0 Å². The minimum Gasteiger partial charge on any atom is -0.399 e. The lowest BCUT2D eigenvalue weighted by atomic mass is 10.1. The molecule has 0 saturated carbocycles. The largest absolute Gasteiger partial charge is 0.399 e. The minimum atomic E-state index is -0.135. The summed E-state index contributed by atoms with van der Waals surface area (Å²) in [6, 6.07) is 13.2. The van der Waals surface area contributed by atoms with Gasteiger partial charge in [0.05, 0.1) is 16.7 Å². The predicted molar refractivity (Wildman–Crippen MR) is 73.0 cm³/mol. The van der Waals surface area contributed by atoms with Gasteiger partial charge in [0.2, 0.25) is 0 Å². The molecule has 90 valence electrons. The van der Waals surface area contributed by atoms with Crippen molar-refractivity contribution in [2.75, 3.05) is 5.73 Å². The third-order valence-corrected chi connectivity index (χ3v) is 3.05. The second-order valence-electron chi connectivity index (χ2n) is 4.33. The maximum absolute atomic E-state index is 12.1. The predicted octanol–water partition coefficient (Wildman–Crippen LogP) is 2.21. The molecule has 0 spiro atoms. The number of nitrogens with zero attached hydrogens (tertiary/aromatic N) is 1. The number of hydrogen-bond donors (Lipinski definition) is 2. The summed E-state index contributed by atoms with van der Waals surface area (Å²) in [5, 5.41) is 0. The van der Waals surface area contributed by atoms with Crippen molar-refractivity contribution in [3.63, 3.8) is 0 Å². The van der Waals surface area contributed by atoms with Crippen molar-refractivity contribution in [1.29, 1.82) is 0 Å². The van der Waals surface area contributed by atoms with Crippen LogP contribution in [0.5, 0.6) is 0 Å². The van der Waals surface area contributed by atoms with Crippen molar-refractivity contribution >= 4 is 16.7 Å². The maximum atomic E-state index is 12.1. The molecular formula is C14H13N3O. The molecule has 4 heteroatoms. The van der Waals surface area contributed by atoms with Gasteiger partial charge in [-0.1, -0.05) is 12.1 Å². The van der Waals surface area contributed by atoms with Crippen LogP contribution in [0.4, 0.5) is 5.69 Å². The van der Waals surface area contributed by atoms with E-state index in [2.05, 4.69) is 4.98 Å². The molecule has 0 atom stereocenters. The summed E-state index contributed by atoms with van der Waals surface area (Å²) in [6.45, 7) is 1.94. The Labute approximate surface area is 104 Å². The Kier molecular flexibility index (Phi) is 2.23. The normalized spacial score (nSPS) is 10.9. The van der Waals surface area contributed by atoms with Gasteiger partial charge in [-0.15, -0.1) is 0 Å². The van der Waals surface area contributed by atoms with Crippen molar-refractivity contribution in [2.24, 2.45) is 0 Å². The average molecular weight is 239 g/mol. The van der Waals surface area contributed by atoms with Crippen LogP contribution in [-0.2, 0) is 0 Å². The SMILES string of the molecule is Cc1cc(N)ccc1-n1c(=O)[nH]c2ccccc21. The van der Waals surface area contributed by atoms with Crippen LogP contribution < -0.4 is 11.4 Å². The van der Waals surface area contributed by atoms with E-state index in [4.69, 9.17) is 5.73 Å². The van der Waals surface area contributed by atoms with Gasteiger partial charge in [0.1, 0.15) is 0 Å². The second kappa shape index (κ2) is 3.77. The van der Waals surface area contributed by atoms with E-state index in [1.807, 2.05) is 43.3 Å². The molecule has 1 aromatic heterocycles. The number of nitrogens with one attached hydrogen (secondary N) is 1. The number of rotatable bonds is 1. The first kappa shape index (κ1) is 10.7. The molecule has 3 N–H and O–H groups in total. The lowest BCUT2D eigenvalue weighted by Gasteiger charge is -2.07. The standard InChI is InChI=1S/C14H13N3O/c1-9-8-10(15)6-7-12(9)17-13-5-3-2-4-11(13)16-14(17)18/h2-8H,15H2,1H3,(H,16,18). The monoisotopic (exact) mass is 239 g/mol. The summed E-state index contributed by atoms with van der Waals surface area (Å²) in [7, 11) is 0. The van der Waals surface area contributed by atoms with Gasteiger partial charge in [0, 0.05) is 5.69 Å². The molecule has 0 aliphatic heterocycles. The van der Waals surface area contributed by atoms with E-state index >= 15 is 0 Å². The van der Waals surface area contributed by atoms with E-state index in [1.54, 1.807) is 10.6 Å². The molecule has 18 heavy (non-hydrogen) atoms. The number of benzene rings is 2. The molecule has 0 unspecified atom stereocenters. The zero-order chi connectivity index (χ0) is 12.7. The van der Waals surface area contributed by atoms with E-state index < -0.39 is 0 Å². The fourth-order valence-corrected chi connectivity index (χ4v) is 2.22. The van der Waals surface area contributed by atoms with Gasteiger partial charge in [-0.25, -0.2) is 4.79 Å². The summed E-state index contributed by atoms with van der Waals surface area (Å²) >= 11 is 0. The molecule has 3 rings (SSSR count). The second-order valence-corrected chi connectivity index (χ2v) is 4.33. The smallest absolute Gasteiger partial charge is 0.331 e. The number of aromatic amines is 1. The summed E-state index contributed by atoms with van der Waals surface area (Å²) in [4.78, 5) is 14.9. The Hall–Kier alpha value is -2.49. The minimum absolute atomic E-state index is 0.135. The van der Waals surface area contributed by atoms with Gasteiger partial charge in [-0.2, -0.15) is 0 Å². The Balaban J connectivity index is 2.38. The average Bonchev–Trinajstić information content (AvgIpc) is 2.66. The highest BCUT2D eigenvalue weighted by molar-refractivity contribution is 5.77. The molecule has 0 radical (unpaired) electrons. The van der Waals surface area contributed by atoms with Crippen LogP contribution >= 0.6 is 0 Å². The van der Waals surface area contributed by atoms with Crippen LogP contribution in [0.25, 0.3) is 16.7 Å². The number of nitrogen functional groups attached to an aromatic ring is 1. The Morgan fingerprint density at radius 1 is 1.17 bits per heavy atom. The van der Waals surface area contributed by atoms with Gasteiger partial charge in [0.15, 0.2) is 0 Å². The van der Waals surface area contributed by atoms with Crippen molar-refractivity contribution in [2.45, 2.75) is 6.92 Å². The molecule has 4 nitrogen and oxygen atoms in total. The summed E-state index contributed by atoms with van der Waals surface area (Å²) in [5.41, 5.74) is 9.83. The lowest BCUT2D eigenvalue weighted by Crippen LogP contribution is -2.15. The molecule has 3 aromatic rings. The number of hydrogen-bond acceptors (Lipinski definition) is 2. The Morgan fingerprint density at radius 2 is 1.94 bits per heavy atom. The van der Waals surface area contributed by atoms with Crippen molar-refractivity contribution in [3.05, 3.63) is 58.5 Å². The number of fused-ring (bicyclic) bond motifs is 1. The molecule has 0 saturated heterocycles. The number of aromatic nitrogens is 2. The van der Waals surface area contributed by atoms with Crippen molar-refractivity contribution in [3.8, 4) is 5.69 Å². The number of imidazole rings is 1.